The Morgan fingerprint density at radius 1 is 0.692 bits per heavy atom. The Labute approximate surface area is 95.3 Å². The van der Waals surface area contributed by atoms with E-state index in [4.69, 9.17) is 2.79 Å². The van der Waals surface area contributed by atoms with E-state index in [2.05, 4.69) is 41.5 Å². The molecule has 0 aliphatic carbocycles. The van der Waals surface area contributed by atoms with Crippen LogP contribution >= 0.6 is 0 Å². The quantitative estimate of drug-likeness (QED) is 0.702. The average Bonchev–Trinajstić information content (AvgIpc) is 1.55. The van der Waals surface area contributed by atoms with Gasteiger partial charge in [0, 0.05) is 0 Å². The van der Waals surface area contributed by atoms with Crippen LogP contribution in [-0.2, 0) is 2.79 Å². The zero-order valence-electron chi connectivity index (χ0n) is 9.41. The fourth-order valence-corrected chi connectivity index (χ4v) is 8.96. The molecule has 0 aromatic carbocycles. The summed E-state index contributed by atoms with van der Waals surface area (Å²) in [4.78, 5) is 0. The molecule has 0 amide bonds. The third-order valence-electron chi connectivity index (χ3n) is 0.714. The minimum absolute atomic E-state index is 0. The van der Waals surface area contributed by atoms with E-state index in [-0.39, 0.29) is 42.5 Å². The molecular formula is C8H22Ge2O3. The fraction of sp³-hybridized carbons (Fsp3) is 1.00. The first-order valence-electron chi connectivity index (χ1n) is 3.91. The number of hydrogen-bond acceptors (Lipinski definition) is 1. The molecule has 0 bridgehead atoms. The minimum atomic E-state index is -0.156. The summed E-state index contributed by atoms with van der Waals surface area (Å²) >= 11 is -0.313. The van der Waals surface area contributed by atoms with Crippen LogP contribution in [0.3, 0.4) is 0 Å². The molecule has 0 fully saturated rings. The first-order chi connectivity index (χ1) is 4.71. The molecule has 0 heterocycles. The second kappa shape index (κ2) is 7.28. The Morgan fingerprint density at radius 2 is 0.923 bits per heavy atom. The van der Waals surface area contributed by atoms with E-state index in [1.165, 1.54) is 0 Å². The monoisotopic (exact) mass is 314 g/mol. The van der Waals surface area contributed by atoms with Crippen LogP contribution in [-0.4, -0.2) is 42.5 Å². The van der Waals surface area contributed by atoms with Gasteiger partial charge in [-0.2, -0.15) is 0 Å². The molecule has 0 spiro atoms. The summed E-state index contributed by atoms with van der Waals surface area (Å²) in [6.45, 7) is 13.6. The van der Waals surface area contributed by atoms with Crippen molar-refractivity contribution in [3.63, 3.8) is 0 Å². The average molecular weight is 311 g/mol. The maximum atomic E-state index is 5.81. The van der Waals surface area contributed by atoms with Gasteiger partial charge < -0.3 is 11.0 Å². The molecule has 4 N–H and O–H groups in total. The van der Waals surface area contributed by atoms with Crippen molar-refractivity contribution in [2.24, 2.45) is 0 Å². The van der Waals surface area contributed by atoms with E-state index in [1.54, 1.807) is 0 Å². The van der Waals surface area contributed by atoms with Crippen molar-refractivity contribution in [2.75, 3.05) is 0 Å². The van der Waals surface area contributed by atoms with Crippen LogP contribution in [0.15, 0.2) is 0 Å². The predicted octanol–water partition coefficient (Wildman–Crippen LogP) is 1.03. The summed E-state index contributed by atoms with van der Waals surface area (Å²) in [5, 5.41) is 0. The summed E-state index contributed by atoms with van der Waals surface area (Å²) < 4.78 is 6.72. The van der Waals surface area contributed by atoms with Gasteiger partial charge in [-0.25, -0.2) is 0 Å². The van der Waals surface area contributed by atoms with Gasteiger partial charge in [0.05, 0.1) is 0 Å². The third kappa shape index (κ3) is 19.4. The minimum Gasteiger partial charge on any atom is -0.412 e. The first kappa shape index (κ1) is 19.5. The maximum Gasteiger partial charge on any atom is -0.412 e. The molecule has 5 heteroatoms. The number of rotatable bonds is 2. The molecule has 3 nitrogen and oxygen atoms in total. The van der Waals surface area contributed by atoms with Crippen LogP contribution in [0.4, 0.5) is 0 Å². The second-order valence-electron chi connectivity index (χ2n) is 4.81. The zero-order valence-corrected chi connectivity index (χ0v) is 13.6. The van der Waals surface area contributed by atoms with Gasteiger partial charge in [0.1, 0.15) is 0 Å². The largest absolute Gasteiger partial charge is 0.412 e. The molecule has 0 aliphatic rings. The van der Waals surface area contributed by atoms with Gasteiger partial charge >= 0.3 is 84.4 Å². The van der Waals surface area contributed by atoms with Gasteiger partial charge in [0.25, 0.3) is 0 Å². The molecule has 0 unspecified atom stereocenters. The molecule has 0 aliphatic heterocycles. The first-order valence-corrected chi connectivity index (χ1v) is 7.72. The van der Waals surface area contributed by atoms with Crippen molar-refractivity contribution in [3.8, 4) is 0 Å². The third-order valence-corrected chi connectivity index (χ3v) is 5.94. The zero-order chi connectivity index (χ0) is 9.12. The summed E-state index contributed by atoms with van der Waals surface area (Å²) in [7, 11) is 0. The van der Waals surface area contributed by atoms with Gasteiger partial charge in [-0.15, -0.1) is 0 Å². The molecule has 0 aromatic heterocycles. The Kier molecular flexibility index (Phi) is 10.9. The van der Waals surface area contributed by atoms with E-state index in [0.717, 1.165) is 0 Å². The van der Waals surface area contributed by atoms with Crippen molar-refractivity contribution < 1.29 is 13.7 Å². The van der Waals surface area contributed by atoms with Crippen molar-refractivity contribution in [1.29, 1.82) is 0 Å². The van der Waals surface area contributed by atoms with Crippen LogP contribution in [0, 0.1) is 0 Å². The van der Waals surface area contributed by atoms with E-state index in [1.807, 2.05) is 0 Å². The van der Waals surface area contributed by atoms with Crippen LogP contribution in [0.5, 0.6) is 0 Å². The Balaban J connectivity index is -0.000000500. The smallest absolute Gasteiger partial charge is 0.412 e. The van der Waals surface area contributed by atoms with Crippen LogP contribution in [0.2, 0.25) is 8.49 Å². The van der Waals surface area contributed by atoms with Crippen molar-refractivity contribution in [2.45, 2.75) is 50.0 Å². The Bertz CT molecular complexity index is 102. The van der Waals surface area contributed by atoms with E-state index < -0.39 is 0 Å². The van der Waals surface area contributed by atoms with Crippen LogP contribution in [0.25, 0.3) is 0 Å². The van der Waals surface area contributed by atoms with E-state index in [0.29, 0.717) is 8.49 Å². The van der Waals surface area contributed by atoms with Gasteiger partial charge in [-0.1, -0.05) is 0 Å². The molecule has 0 saturated carbocycles. The Morgan fingerprint density at radius 3 is 1.08 bits per heavy atom. The van der Waals surface area contributed by atoms with Crippen molar-refractivity contribution in [1.82, 2.24) is 0 Å². The summed E-state index contributed by atoms with van der Waals surface area (Å²) in [6.07, 6.45) is 0. The van der Waals surface area contributed by atoms with Crippen LogP contribution in [0.1, 0.15) is 41.5 Å². The SMILES string of the molecule is C[C](C)(C)[Ge][O][Ge][C](C)(C)C.O.O. The molecular weight excluding hydrogens is 289 g/mol. The summed E-state index contributed by atoms with van der Waals surface area (Å²) in [5.41, 5.74) is 0. The van der Waals surface area contributed by atoms with E-state index in [9.17, 15) is 0 Å². The number of hydrogen-bond donors (Lipinski definition) is 0. The molecule has 80 valence electrons. The van der Waals surface area contributed by atoms with Crippen molar-refractivity contribution >= 4 is 31.5 Å². The molecule has 0 rings (SSSR count). The normalized spacial score (nSPS) is 11.5. The summed E-state index contributed by atoms with van der Waals surface area (Å²) in [5.74, 6) is 0. The predicted molar refractivity (Wildman–Crippen MR) is 59.3 cm³/mol. The van der Waals surface area contributed by atoms with Crippen molar-refractivity contribution in [3.05, 3.63) is 0 Å². The molecule has 13 heavy (non-hydrogen) atoms. The maximum absolute atomic E-state index is 5.81. The van der Waals surface area contributed by atoms with Gasteiger partial charge in [0.15, 0.2) is 0 Å². The molecule has 0 saturated heterocycles. The summed E-state index contributed by atoms with van der Waals surface area (Å²) in [6, 6.07) is 0. The molecule has 0 aromatic rings. The van der Waals surface area contributed by atoms with Crippen LogP contribution < -0.4 is 0 Å². The molecule has 4 radical (unpaired) electrons. The van der Waals surface area contributed by atoms with Gasteiger partial charge in [-0.05, 0) is 0 Å². The second-order valence-corrected chi connectivity index (χ2v) is 14.6. The van der Waals surface area contributed by atoms with Gasteiger partial charge in [-0.3, -0.25) is 0 Å². The standard InChI is InChI=1S/C8H18Ge2O.2H2O/c1-7(2,3)9-11-10-8(4,5)6;;/h1-6H3;2*1H2. The Hall–Kier alpha value is 0.966. The topological polar surface area (TPSA) is 72.2 Å². The fourth-order valence-electron chi connectivity index (χ4n) is 0.332. The van der Waals surface area contributed by atoms with E-state index >= 15 is 0 Å². The molecule has 0 atom stereocenters. The van der Waals surface area contributed by atoms with Gasteiger partial charge in [0.2, 0.25) is 0 Å².